The molecule has 3 N–H and O–H groups in total. The predicted octanol–water partition coefficient (Wildman–Crippen LogP) is 2.26. The molecular formula is C14H22ClIN4O. The van der Waals surface area contributed by atoms with Gasteiger partial charge in [0, 0.05) is 37.3 Å². The van der Waals surface area contributed by atoms with E-state index in [-0.39, 0.29) is 29.9 Å². The van der Waals surface area contributed by atoms with Crippen LogP contribution in [0.5, 0.6) is 0 Å². The Morgan fingerprint density at radius 1 is 1.10 bits per heavy atom. The molecule has 0 radical (unpaired) electrons. The second-order valence-corrected chi connectivity index (χ2v) is 4.62. The van der Waals surface area contributed by atoms with Gasteiger partial charge in [0.25, 0.3) is 5.91 Å². The molecule has 1 aromatic rings. The number of carbonyl (C=O) groups is 1. The highest BCUT2D eigenvalue weighted by Gasteiger charge is 2.04. The molecule has 7 heteroatoms. The molecule has 118 valence electrons. The smallest absolute Gasteiger partial charge is 0.251 e. The molecule has 21 heavy (non-hydrogen) atoms. The summed E-state index contributed by atoms with van der Waals surface area (Å²) >= 11 is 5.77. The Morgan fingerprint density at radius 2 is 1.67 bits per heavy atom. The van der Waals surface area contributed by atoms with Crippen molar-refractivity contribution in [2.24, 2.45) is 4.99 Å². The molecule has 0 bridgehead atoms. The highest BCUT2D eigenvalue weighted by molar-refractivity contribution is 14.0. The van der Waals surface area contributed by atoms with E-state index in [1.165, 1.54) is 0 Å². The van der Waals surface area contributed by atoms with Crippen molar-refractivity contribution in [1.82, 2.24) is 16.0 Å². The first-order valence-corrected chi connectivity index (χ1v) is 7.03. The molecule has 0 aliphatic rings. The van der Waals surface area contributed by atoms with Crippen LogP contribution < -0.4 is 16.0 Å². The molecule has 0 heterocycles. The van der Waals surface area contributed by atoms with E-state index < -0.39 is 0 Å². The minimum Gasteiger partial charge on any atom is -0.356 e. The number of aliphatic imine (C=N–C) groups is 1. The van der Waals surface area contributed by atoms with E-state index in [0.717, 1.165) is 18.9 Å². The third kappa shape index (κ3) is 8.11. The molecule has 1 aromatic carbocycles. The van der Waals surface area contributed by atoms with Crippen molar-refractivity contribution in [3.05, 3.63) is 34.9 Å². The molecule has 0 atom stereocenters. The summed E-state index contributed by atoms with van der Waals surface area (Å²) in [5, 5.41) is 9.73. The van der Waals surface area contributed by atoms with Crippen LogP contribution >= 0.6 is 35.6 Å². The molecule has 1 rings (SSSR count). The zero-order valence-corrected chi connectivity index (χ0v) is 15.4. The lowest BCUT2D eigenvalue weighted by molar-refractivity contribution is 0.0954. The van der Waals surface area contributed by atoms with E-state index >= 15 is 0 Å². The predicted molar refractivity (Wildman–Crippen MR) is 98.9 cm³/mol. The van der Waals surface area contributed by atoms with Crippen molar-refractivity contribution in [2.75, 3.05) is 26.7 Å². The van der Waals surface area contributed by atoms with Gasteiger partial charge in [-0.1, -0.05) is 18.5 Å². The average molecular weight is 425 g/mol. The van der Waals surface area contributed by atoms with E-state index in [1.54, 1.807) is 31.3 Å². The summed E-state index contributed by atoms with van der Waals surface area (Å²) in [5.74, 6) is 0.632. The van der Waals surface area contributed by atoms with Crippen LogP contribution in [0.4, 0.5) is 0 Å². The first kappa shape index (κ1) is 20.0. The largest absolute Gasteiger partial charge is 0.356 e. The molecule has 0 spiro atoms. The fraction of sp³-hybridized carbons (Fsp3) is 0.429. The molecule has 0 fully saturated rings. The molecule has 0 saturated carbocycles. The lowest BCUT2D eigenvalue weighted by atomic mass is 10.2. The number of benzene rings is 1. The Balaban J connectivity index is 0.00000400. The molecule has 0 aromatic heterocycles. The summed E-state index contributed by atoms with van der Waals surface area (Å²) in [5.41, 5.74) is 0.600. The van der Waals surface area contributed by atoms with Gasteiger partial charge >= 0.3 is 0 Å². The zero-order valence-electron chi connectivity index (χ0n) is 12.3. The summed E-state index contributed by atoms with van der Waals surface area (Å²) in [6, 6.07) is 6.80. The zero-order chi connectivity index (χ0) is 14.8. The second kappa shape index (κ2) is 11.6. The van der Waals surface area contributed by atoms with E-state index in [0.29, 0.717) is 23.7 Å². The Hall–Kier alpha value is -1.02. The third-order valence-corrected chi connectivity index (χ3v) is 2.83. The number of carbonyl (C=O) groups excluding carboxylic acids is 1. The minimum absolute atomic E-state index is 0. The number of hydrogen-bond donors (Lipinski definition) is 3. The van der Waals surface area contributed by atoms with Crippen LogP contribution in [0.2, 0.25) is 5.02 Å². The molecular weight excluding hydrogens is 403 g/mol. The van der Waals surface area contributed by atoms with Crippen LogP contribution in [0, 0.1) is 0 Å². The lowest BCUT2D eigenvalue weighted by Crippen LogP contribution is -2.41. The number of guanidine groups is 1. The molecule has 0 aliphatic carbocycles. The fourth-order valence-electron chi connectivity index (χ4n) is 1.52. The average Bonchev–Trinajstić information content (AvgIpc) is 2.47. The van der Waals surface area contributed by atoms with Crippen LogP contribution in [0.25, 0.3) is 0 Å². The van der Waals surface area contributed by atoms with Gasteiger partial charge in [-0.3, -0.25) is 9.79 Å². The van der Waals surface area contributed by atoms with Crippen LogP contribution in [-0.4, -0.2) is 38.5 Å². The Kier molecular flexibility index (Phi) is 11.1. The van der Waals surface area contributed by atoms with Gasteiger partial charge in [-0.15, -0.1) is 24.0 Å². The highest BCUT2D eigenvalue weighted by atomic mass is 127. The Bertz CT molecular complexity index is 451. The standard InChI is InChI=1S/C14H21ClN4O.HI/c1-3-8-18-14(16-2)19-10-9-17-13(20)11-4-6-12(15)7-5-11;/h4-7H,3,8-10H2,1-2H3,(H,17,20)(H2,16,18,19);1H. The Morgan fingerprint density at radius 3 is 2.24 bits per heavy atom. The van der Waals surface area contributed by atoms with Gasteiger partial charge in [-0.05, 0) is 30.7 Å². The highest BCUT2D eigenvalue weighted by Crippen LogP contribution is 2.08. The van der Waals surface area contributed by atoms with Crippen molar-refractivity contribution in [2.45, 2.75) is 13.3 Å². The number of nitrogens with zero attached hydrogens (tertiary/aromatic N) is 1. The normalized spacial score (nSPS) is 10.5. The maximum Gasteiger partial charge on any atom is 0.251 e. The first-order valence-electron chi connectivity index (χ1n) is 6.65. The van der Waals surface area contributed by atoms with Crippen LogP contribution in [0.3, 0.4) is 0 Å². The Labute approximate surface area is 148 Å². The van der Waals surface area contributed by atoms with E-state index in [4.69, 9.17) is 11.6 Å². The van der Waals surface area contributed by atoms with Gasteiger partial charge in [-0.25, -0.2) is 0 Å². The molecule has 0 saturated heterocycles. The first-order chi connectivity index (χ1) is 9.67. The SMILES string of the molecule is CCCNC(=NC)NCCNC(=O)c1ccc(Cl)cc1.I. The number of halogens is 2. The maximum absolute atomic E-state index is 11.8. The summed E-state index contributed by atoms with van der Waals surface area (Å²) in [7, 11) is 1.72. The molecule has 0 unspecified atom stereocenters. The topological polar surface area (TPSA) is 65.5 Å². The van der Waals surface area contributed by atoms with Crippen molar-refractivity contribution in [1.29, 1.82) is 0 Å². The molecule has 0 aliphatic heterocycles. The molecule has 5 nitrogen and oxygen atoms in total. The number of amides is 1. The van der Waals surface area contributed by atoms with Gasteiger partial charge < -0.3 is 16.0 Å². The second-order valence-electron chi connectivity index (χ2n) is 4.19. The number of hydrogen-bond acceptors (Lipinski definition) is 2. The van der Waals surface area contributed by atoms with Crippen molar-refractivity contribution < 1.29 is 4.79 Å². The number of rotatable bonds is 6. The van der Waals surface area contributed by atoms with Gasteiger partial charge in [0.1, 0.15) is 0 Å². The molecule has 1 amide bonds. The van der Waals surface area contributed by atoms with E-state index in [9.17, 15) is 4.79 Å². The van der Waals surface area contributed by atoms with E-state index in [2.05, 4.69) is 27.9 Å². The van der Waals surface area contributed by atoms with Crippen LogP contribution in [-0.2, 0) is 0 Å². The maximum atomic E-state index is 11.8. The van der Waals surface area contributed by atoms with Gasteiger partial charge in [0.2, 0.25) is 0 Å². The van der Waals surface area contributed by atoms with Gasteiger partial charge in [0.05, 0.1) is 0 Å². The quantitative estimate of drug-likeness (QED) is 0.284. The fourth-order valence-corrected chi connectivity index (χ4v) is 1.65. The van der Waals surface area contributed by atoms with Crippen molar-refractivity contribution in [3.8, 4) is 0 Å². The van der Waals surface area contributed by atoms with Crippen molar-refractivity contribution in [3.63, 3.8) is 0 Å². The van der Waals surface area contributed by atoms with Crippen LogP contribution in [0.1, 0.15) is 23.7 Å². The van der Waals surface area contributed by atoms with Gasteiger partial charge in [-0.2, -0.15) is 0 Å². The summed E-state index contributed by atoms with van der Waals surface area (Å²) in [4.78, 5) is 15.9. The van der Waals surface area contributed by atoms with Crippen molar-refractivity contribution >= 4 is 47.4 Å². The summed E-state index contributed by atoms with van der Waals surface area (Å²) < 4.78 is 0. The van der Waals surface area contributed by atoms with E-state index in [1.807, 2.05) is 0 Å². The summed E-state index contributed by atoms with van der Waals surface area (Å²) in [6.07, 6.45) is 1.04. The van der Waals surface area contributed by atoms with Crippen LogP contribution in [0.15, 0.2) is 29.3 Å². The number of nitrogens with one attached hydrogen (secondary N) is 3. The monoisotopic (exact) mass is 424 g/mol. The van der Waals surface area contributed by atoms with Gasteiger partial charge in [0.15, 0.2) is 5.96 Å². The third-order valence-electron chi connectivity index (χ3n) is 2.58. The minimum atomic E-state index is -0.111. The summed E-state index contributed by atoms with van der Waals surface area (Å²) in [6.45, 7) is 4.10. The lowest BCUT2D eigenvalue weighted by Gasteiger charge is -2.11.